The number of nitrogens with zero attached hydrogens (tertiary/aromatic N) is 6. The third-order valence-electron chi connectivity index (χ3n) is 3.68. The van der Waals surface area contributed by atoms with Crippen molar-refractivity contribution in [2.45, 2.75) is 13.0 Å². The Kier molecular flexibility index (Phi) is 4.80. The summed E-state index contributed by atoms with van der Waals surface area (Å²) in [5, 5.41) is 11.0. The van der Waals surface area contributed by atoms with Crippen LogP contribution in [0.4, 0.5) is 5.95 Å². The first kappa shape index (κ1) is 16.7. The van der Waals surface area contributed by atoms with E-state index >= 15 is 0 Å². The molecule has 3 heterocycles. The van der Waals surface area contributed by atoms with Crippen molar-refractivity contribution in [2.75, 3.05) is 18.4 Å². The van der Waals surface area contributed by atoms with E-state index in [1.807, 2.05) is 6.07 Å². The van der Waals surface area contributed by atoms with Crippen LogP contribution in [0.2, 0.25) is 0 Å². The van der Waals surface area contributed by atoms with Crippen molar-refractivity contribution in [1.82, 2.24) is 29.3 Å². The van der Waals surface area contributed by atoms with Gasteiger partial charge in [-0.2, -0.15) is 0 Å². The van der Waals surface area contributed by atoms with Gasteiger partial charge in [-0.15, -0.1) is 10.2 Å². The van der Waals surface area contributed by atoms with Gasteiger partial charge in [-0.25, -0.2) is 9.78 Å². The van der Waals surface area contributed by atoms with E-state index in [9.17, 15) is 9.59 Å². The molecule has 0 radical (unpaired) electrons. The van der Waals surface area contributed by atoms with E-state index in [4.69, 9.17) is 5.73 Å². The van der Waals surface area contributed by atoms with Gasteiger partial charge in [0.15, 0.2) is 11.2 Å². The van der Waals surface area contributed by atoms with Crippen LogP contribution >= 0.6 is 0 Å². The van der Waals surface area contributed by atoms with Gasteiger partial charge in [-0.05, 0) is 24.6 Å². The zero-order chi connectivity index (χ0) is 17.8. The molecule has 25 heavy (non-hydrogen) atoms. The quantitative estimate of drug-likeness (QED) is 0.550. The number of anilines is 1. The minimum Gasteiger partial charge on any atom is -0.353 e. The molecule has 10 heteroatoms. The number of nitrogens with two attached hydrogens (primary N) is 1. The fourth-order valence-electron chi connectivity index (χ4n) is 2.36. The highest BCUT2D eigenvalue weighted by Gasteiger charge is 2.15. The third kappa shape index (κ3) is 3.38. The molecule has 0 spiro atoms. The number of aromatic nitrogens is 6. The minimum absolute atomic E-state index is 0.0799. The van der Waals surface area contributed by atoms with Crippen molar-refractivity contribution >= 4 is 17.1 Å². The molecular formula is C15H18N8O2. The van der Waals surface area contributed by atoms with E-state index in [0.29, 0.717) is 13.1 Å². The van der Waals surface area contributed by atoms with Crippen molar-refractivity contribution in [2.24, 2.45) is 12.8 Å². The van der Waals surface area contributed by atoms with Crippen molar-refractivity contribution < 1.29 is 0 Å². The molecule has 0 atom stereocenters. The average Bonchev–Trinajstić information content (AvgIpc) is 2.64. The van der Waals surface area contributed by atoms with E-state index in [2.05, 4.69) is 25.5 Å². The number of pyridine rings is 1. The maximum absolute atomic E-state index is 12.5. The SMILES string of the molecule is Cn1c(=O)c2nc(NCCCN)nnc2n(Cc2cccnc2)c1=O. The number of hydrogen-bond acceptors (Lipinski definition) is 8. The number of rotatable bonds is 6. The van der Waals surface area contributed by atoms with Gasteiger partial charge in [0.2, 0.25) is 5.95 Å². The number of nitrogens with one attached hydrogen (secondary N) is 1. The van der Waals surface area contributed by atoms with Gasteiger partial charge in [0.25, 0.3) is 5.56 Å². The second-order valence-corrected chi connectivity index (χ2v) is 5.47. The summed E-state index contributed by atoms with van der Waals surface area (Å²) in [6, 6.07) is 3.61. The molecule has 0 amide bonds. The van der Waals surface area contributed by atoms with Crippen molar-refractivity contribution in [3.05, 3.63) is 50.9 Å². The first-order valence-electron chi connectivity index (χ1n) is 7.79. The highest BCUT2D eigenvalue weighted by Crippen LogP contribution is 2.07. The van der Waals surface area contributed by atoms with Crippen LogP contribution in [0.25, 0.3) is 11.2 Å². The van der Waals surface area contributed by atoms with E-state index in [0.717, 1.165) is 16.6 Å². The fourth-order valence-corrected chi connectivity index (χ4v) is 2.36. The van der Waals surface area contributed by atoms with E-state index in [1.54, 1.807) is 18.5 Å². The van der Waals surface area contributed by atoms with E-state index in [1.165, 1.54) is 11.6 Å². The highest BCUT2D eigenvalue weighted by molar-refractivity contribution is 5.69. The molecule has 0 saturated carbocycles. The van der Waals surface area contributed by atoms with Gasteiger partial charge in [-0.1, -0.05) is 6.07 Å². The van der Waals surface area contributed by atoms with Crippen LogP contribution in [-0.4, -0.2) is 42.4 Å². The van der Waals surface area contributed by atoms with Gasteiger partial charge in [0, 0.05) is 26.0 Å². The summed E-state index contributed by atoms with van der Waals surface area (Å²) in [5.74, 6) is 0.227. The molecule has 0 saturated heterocycles. The molecule has 0 aliphatic carbocycles. The molecule has 0 aromatic carbocycles. The molecule has 3 rings (SSSR count). The maximum atomic E-state index is 12.5. The van der Waals surface area contributed by atoms with Crippen LogP contribution in [0.3, 0.4) is 0 Å². The molecule has 0 fully saturated rings. The van der Waals surface area contributed by atoms with Gasteiger partial charge < -0.3 is 11.1 Å². The average molecular weight is 342 g/mol. The molecule has 0 unspecified atom stereocenters. The van der Waals surface area contributed by atoms with Gasteiger partial charge in [0.1, 0.15) is 0 Å². The number of fused-ring (bicyclic) bond motifs is 1. The third-order valence-corrected chi connectivity index (χ3v) is 3.68. The lowest BCUT2D eigenvalue weighted by Crippen LogP contribution is -2.39. The van der Waals surface area contributed by atoms with Crippen LogP contribution in [0, 0.1) is 0 Å². The summed E-state index contributed by atoms with van der Waals surface area (Å²) in [5.41, 5.74) is 5.47. The van der Waals surface area contributed by atoms with Crippen molar-refractivity contribution in [3.63, 3.8) is 0 Å². The highest BCUT2D eigenvalue weighted by atomic mass is 16.2. The Labute approximate surface area is 142 Å². The largest absolute Gasteiger partial charge is 0.353 e. The van der Waals surface area contributed by atoms with Crippen LogP contribution < -0.4 is 22.3 Å². The zero-order valence-corrected chi connectivity index (χ0v) is 13.7. The van der Waals surface area contributed by atoms with Gasteiger partial charge in [-0.3, -0.25) is 18.9 Å². The standard InChI is InChI=1S/C15H18N8O2/c1-22-13(24)11-12(20-21-14(19-11)18-7-3-5-16)23(15(22)25)9-10-4-2-6-17-8-10/h2,4,6,8H,3,5,7,9,16H2,1H3,(H,18,19,21). The summed E-state index contributed by atoms with van der Waals surface area (Å²) < 4.78 is 2.37. The Morgan fingerprint density at radius 2 is 2.12 bits per heavy atom. The second kappa shape index (κ2) is 7.18. The van der Waals surface area contributed by atoms with Crippen LogP contribution in [0.1, 0.15) is 12.0 Å². The van der Waals surface area contributed by atoms with Gasteiger partial charge >= 0.3 is 5.69 Å². The fraction of sp³-hybridized carbons (Fsp3) is 0.333. The lowest BCUT2D eigenvalue weighted by Gasteiger charge is -2.11. The Bertz CT molecular complexity index is 996. The normalized spacial score (nSPS) is 11.0. The molecule has 0 bridgehead atoms. The lowest BCUT2D eigenvalue weighted by atomic mass is 10.3. The van der Waals surface area contributed by atoms with Crippen molar-refractivity contribution in [3.8, 4) is 0 Å². The van der Waals surface area contributed by atoms with Crippen LogP contribution in [0.15, 0.2) is 34.1 Å². The summed E-state index contributed by atoms with van der Waals surface area (Å²) in [6.45, 7) is 1.31. The maximum Gasteiger partial charge on any atom is 0.332 e. The summed E-state index contributed by atoms with van der Waals surface area (Å²) >= 11 is 0. The first-order valence-corrected chi connectivity index (χ1v) is 7.79. The molecule has 0 aliphatic rings. The molecule has 10 nitrogen and oxygen atoms in total. The second-order valence-electron chi connectivity index (χ2n) is 5.47. The lowest BCUT2D eigenvalue weighted by molar-refractivity contribution is 0.659. The monoisotopic (exact) mass is 342 g/mol. The molecule has 3 N–H and O–H groups in total. The zero-order valence-electron chi connectivity index (χ0n) is 13.7. The Hall–Kier alpha value is -3.14. The van der Waals surface area contributed by atoms with Crippen LogP contribution in [-0.2, 0) is 13.6 Å². The summed E-state index contributed by atoms with van der Waals surface area (Å²) in [6.07, 6.45) is 4.03. The Balaban J connectivity index is 2.10. The molecule has 3 aromatic heterocycles. The molecule has 3 aromatic rings. The summed E-state index contributed by atoms with van der Waals surface area (Å²) in [4.78, 5) is 33.1. The topological polar surface area (TPSA) is 134 Å². The Morgan fingerprint density at radius 3 is 2.84 bits per heavy atom. The molecular weight excluding hydrogens is 324 g/mol. The van der Waals surface area contributed by atoms with Gasteiger partial charge in [0.05, 0.1) is 6.54 Å². The van der Waals surface area contributed by atoms with E-state index < -0.39 is 11.2 Å². The predicted octanol–water partition coefficient (Wildman–Crippen LogP) is -0.911. The first-order chi connectivity index (χ1) is 12.1. The van der Waals surface area contributed by atoms with Crippen LogP contribution in [0.5, 0.6) is 0 Å². The van der Waals surface area contributed by atoms with Crippen molar-refractivity contribution in [1.29, 1.82) is 0 Å². The number of hydrogen-bond donors (Lipinski definition) is 2. The molecule has 0 aliphatic heterocycles. The minimum atomic E-state index is -0.515. The molecule has 130 valence electrons. The Morgan fingerprint density at radius 1 is 1.28 bits per heavy atom. The summed E-state index contributed by atoms with van der Waals surface area (Å²) in [7, 11) is 1.41. The smallest absolute Gasteiger partial charge is 0.332 e. The predicted molar refractivity (Wildman–Crippen MR) is 92.3 cm³/mol. The van der Waals surface area contributed by atoms with E-state index in [-0.39, 0.29) is 23.7 Å².